The largest absolute Gasteiger partial charge is 0.482 e. The number of aliphatic carboxylic acids is 1. The fraction of sp³-hybridized carbons (Fsp3) is 0.263. The molecule has 1 aromatic carbocycles. The van der Waals surface area contributed by atoms with E-state index >= 15 is 0 Å². The highest BCUT2D eigenvalue weighted by atomic mass is 16.5. The highest BCUT2D eigenvalue weighted by Gasteiger charge is 2.14. The molecule has 0 fully saturated rings. The zero-order chi connectivity index (χ0) is 19.9. The van der Waals surface area contributed by atoms with Gasteiger partial charge in [-0.15, -0.1) is 0 Å². The van der Waals surface area contributed by atoms with Gasteiger partial charge in [0.05, 0.1) is 17.9 Å². The third-order valence-corrected chi connectivity index (χ3v) is 3.93. The van der Waals surface area contributed by atoms with Gasteiger partial charge < -0.3 is 24.1 Å². The number of furan rings is 1. The molecule has 28 heavy (non-hydrogen) atoms. The molecule has 0 aliphatic heterocycles. The first-order chi connectivity index (χ1) is 13.5. The lowest BCUT2D eigenvalue weighted by molar-refractivity contribution is -0.139. The standard InChI is InChI=1S/C19H19N3O6/c1-12(13-2-4-15(5-3-13)27-11-18(24)25)20-16(23)6-7-17-21-19(22-28-17)14-8-9-26-10-14/h2-5,8-10,12H,6-7,11H2,1H3,(H,20,23)(H,24,25). The van der Waals surface area contributed by atoms with Crippen LogP contribution in [0.25, 0.3) is 11.4 Å². The lowest BCUT2D eigenvalue weighted by Crippen LogP contribution is -2.26. The summed E-state index contributed by atoms with van der Waals surface area (Å²) in [4.78, 5) is 26.9. The van der Waals surface area contributed by atoms with E-state index in [0.717, 1.165) is 5.56 Å². The van der Waals surface area contributed by atoms with Gasteiger partial charge in [0.2, 0.25) is 17.6 Å². The van der Waals surface area contributed by atoms with Crippen LogP contribution in [0.1, 0.15) is 30.8 Å². The Morgan fingerprint density at radius 1 is 1.25 bits per heavy atom. The highest BCUT2D eigenvalue weighted by molar-refractivity contribution is 5.76. The number of carboxylic acid groups (broad SMARTS) is 1. The highest BCUT2D eigenvalue weighted by Crippen LogP contribution is 2.18. The second kappa shape index (κ2) is 8.85. The Labute approximate surface area is 160 Å². The second-order valence-electron chi connectivity index (χ2n) is 6.06. The van der Waals surface area contributed by atoms with E-state index in [-0.39, 0.29) is 18.4 Å². The summed E-state index contributed by atoms with van der Waals surface area (Å²) >= 11 is 0. The van der Waals surface area contributed by atoms with Gasteiger partial charge in [0.15, 0.2) is 6.61 Å². The van der Waals surface area contributed by atoms with Gasteiger partial charge in [-0.05, 0) is 30.7 Å². The van der Waals surface area contributed by atoms with Crippen LogP contribution >= 0.6 is 0 Å². The molecule has 1 amide bonds. The molecule has 2 N–H and O–H groups in total. The van der Waals surface area contributed by atoms with E-state index in [4.69, 9.17) is 18.8 Å². The van der Waals surface area contributed by atoms with Crippen LogP contribution in [-0.2, 0) is 16.0 Å². The molecule has 3 aromatic rings. The number of carbonyl (C=O) groups excluding carboxylic acids is 1. The minimum Gasteiger partial charge on any atom is -0.482 e. The number of amides is 1. The van der Waals surface area contributed by atoms with Crippen LogP contribution in [0.5, 0.6) is 5.75 Å². The van der Waals surface area contributed by atoms with E-state index in [1.165, 1.54) is 12.5 Å². The molecule has 2 heterocycles. The minimum atomic E-state index is -1.04. The Balaban J connectivity index is 1.47. The topological polar surface area (TPSA) is 128 Å². The molecule has 0 spiro atoms. The Morgan fingerprint density at radius 2 is 2.04 bits per heavy atom. The summed E-state index contributed by atoms with van der Waals surface area (Å²) in [5.74, 6) is 0.0563. The number of nitrogens with zero attached hydrogens (tertiary/aromatic N) is 2. The first-order valence-corrected chi connectivity index (χ1v) is 8.60. The Morgan fingerprint density at radius 3 is 2.71 bits per heavy atom. The van der Waals surface area contributed by atoms with Crippen molar-refractivity contribution in [3.63, 3.8) is 0 Å². The van der Waals surface area contributed by atoms with Gasteiger partial charge in [-0.3, -0.25) is 4.79 Å². The first kappa shape index (κ1) is 19.2. The summed E-state index contributed by atoms with van der Waals surface area (Å²) in [7, 11) is 0. The molecule has 1 atom stereocenters. The summed E-state index contributed by atoms with van der Waals surface area (Å²) in [6, 6.07) is 8.38. The van der Waals surface area contributed by atoms with E-state index in [2.05, 4.69) is 15.5 Å². The molecule has 3 rings (SSSR count). The van der Waals surface area contributed by atoms with Crippen LogP contribution in [-0.4, -0.2) is 33.7 Å². The Kier molecular flexibility index (Phi) is 6.05. The summed E-state index contributed by atoms with van der Waals surface area (Å²) in [6.45, 7) is 1.46. The first-order valence-electron chi connectivity index (χ1n) is 8.60. The summed E-state index contributed by atoms with van der Waals surface area (Å²) in [6.07, 6.45) is 3.56. The minimum absolute atomic E-state index is 0.151. The zero-order valence-corrected chi connectivity index (χ0v) is 15.1. The number of nitrogens with one attached hydrogen (secondary N) is 1. The third kappa shape index (κ3) is 5.19. The Bertz CT molecular complexity index is 918. The van der Waals surface area contributed by atoms with Gasteiger partial charge in [0, 0.05) is 12.8 Å². The number of rotatable bonds is 9. The second-order valence-corrected chi connectivity index (χ2v) is 6.06. The van der Waals surface area contributed by atoms with Crippen molar-refractivity contribution in [2.45, 2.75) is 25.8 Å². The lowest BCUT2D eigenvalue weighted by atomic mass is 10.1. The van der Waals surface area contributed by atoms with E-state index in [1.807, 2.05) is 6.92 Å². The molecule has 146 valence electrons. The maximum Gasteiger partial charge on any atom is 0.341 e. The van der Waals surface area contributed by atoms with E-state index < -0.39 is 12.6 Å². The molecule has 9 heteroatoms. The number of benzene rings is 1. The van der Waals surface area contributed by atoms with E-state index in [9.17, 15) is 9.59 Å². The summed E-state index contributed by atoms with van der Waals surface area (Å²) in [5.41, 5.74) is 1.58. The van der Waals surface area contributed by atoms with Crippen molar-refractivity contribution in [2.24, 2.45) is 0 Å². The van der Waals surface area contributed by atoms with Crippen molar-refractivity contribution in [1.82, 2.24) is 15.5 Å². The average Bonchev–Trinajstić information content (AvgIpc) is 3.36. The number of aryl methyl sites for hydroxylation is 1. The van der Waals surface area contributed by atoms with Crippen LogP contribution in [0.3, 0.4) is 0 Å². The fourth-order valence-corrected chi connectivity index (χ4v) is 2.48. The summed E-state index contributed by atoms with van der Waals surface area (Å²) < 4.78 is 15.2. The van der Waals surface area contributed by atoms with E-state index in [1.54, 1.807) is 30.3 Å². The fourth-order valence-electron chi connectivity index (χ4n) is 2.48. The van der Waals surface area contributed by atoms with Crippen LogP contribution in [0.4, 0.5) is 0 Å². The molecule has 0 saturated carbocycles. The predicted molar refractivity (Wildman–Crippen MR) is 96.5 cm³/mol. The van der Waals surface area contributed by atoms with Crippen molar-refractivity contribution >= 4 is 11.9 Å². The molecule has 0 radical (unpaired) electrons. The molecule has 9 nitrogen and oxygen atoms in total. The van der Waals surface area contributed by atoms with Crippen molar-refractivity contribution < 1.29 is 28.4 Å². The monoisotopic (exact) mass is 385 g/mol. The zero-order valence-electron chi connectivity index (χ0n) is 15.1. The normalized spacial score (nSPS) is 11.8. The SMILES string of the molecule is CC(NC(=O)CCc1nc(-c2ccoc2)no1)c1ccc(OCC(=O)O)cc1. The van der Waals surface area contributed by atoms with Crippen molar-refractivity contribution in [1.29, 1.82) is 0 Å². The van der Waals surface area contributed by atoms with Gasteiger partial charge in [-0.1, -0.05) is 17.3 Å². The van der Waals surface area contributed by atoms with Gasteiger partial charge in [-0.25, -0.2) is 4.79 Å². The number of aromatic nitrogens is 2. The van der Waals surface area contributed by atoms with Crippen LogP contribution in [0.15, 0.2) is 51.8 Å². The maximum absolute atomic E-state index is 12.2. The lowest BCUT2D eigenvalue weighted by Gasteiger charge is -2.14. The van der Waals surface area contributed by atoms with Gasteiger partial charge >= 0.3 is 5.97 Å². The van der Waals surface area contributed by atoms with Crippen molar-refractivity contribution in [3.05, 3.63) is 54.3 Å². The van der Waals surface area contributed by atoms with Gasteiger partial charge in [0.25, 0.3) is 0 Å². The van der Waals surface area contributed by atoms with Crippen molar-refractivity contribution in [2.75, 3.05) is 6.61 Å². The van der Waals surface area contributed by atoms with Gasteiger partial charge in [0.1, 0.15) is 12.0 Å². The van der Waals surface area contributed by atoms with Crippen LogP contribution in [0.2, 0.25) is 0 Å². The average molecular weight is 385 g/mol. The molecule has 0 bridgehead atoms. The number of hydrogen-bond acceptors (Lipinski definition) is 7. The Hall–Kier alpha value is -3.62. The quantitative estimate of drug-likeness (QED) is 0.575. The smallest absolute Gasteiger partial charge is 0.341 e. The maximum atomic E-state index is 12.2. The number of carbonyl (C=O) groups is 2. The molecule has 0 aliphatic rings. The molecule has 2 aromatic heterocycles. The predicted octanol–water partition coefficient (Wildman–Crippen LogP) is 2.60. The molecular formula is C19H19N3O6. The van der Waals surface area contributed by atoms with E-state index in [0.29, 0.717) is 29.4 Å². The number of carboxylic acids is 1. The molecule has 1 unspecified atom stereocenters. The van der Waals surface area contributed by atoms with Gasteiger partial charge in [-0.2, -0.15) is 4.98 Å². The molecule has 0 aliphatic carbocycles. The number of hydrogen-bond donors (Lipinski definition) is 2. The summed E-state index contributed by atoms with van der Waals surface area (Å²) in [5, 5.41) is 15.4. The molecule has 0 saturated heterocycles. The number of ether oxygens (including phenoxy) is 1. The van der Waals surface area contributed by atoms with Crippen LogP contribution in [0, 0.1) is 0 Å². The molecular weight excluding hydrogens is 366 g/mol. The van der Waals surface area contributed by atoms with Crippen molar-refractivity contribution in [3.8, 4) is 17.1 Å². The third-order valence-electron chi connectivity index (χ3n) is 3.93. The van der Waals surface area contributed by atoms with Crippen LogP contribution < -0.4 is 10.1 Å².